The van der Waals surface area contributed by atoms with E-state index in [9.17, 15) is 24.6 Å². The molecule has 1 saturated heterocycles. The molecule has 2 saturated carbocycles. The quantitative estimate of drug-likeness (QED) is 0.0918. The smallest absolute Gasteiger partial charge is 0.313 e. The van der Waals surface area contributed by atoms with Gasteiger partial charge in [0.15, 0.2) is 11.4 Å². The number of benzene rings is 3. The van der Waals surface area contributed by atoms with Gasteiger partial charge >= 0.3 is 5.97 Å². The van der Waals surface area contributed by atoms with Crippen molar-refractivity contribution in [3.8, 4) is 11.1 Å². The maximum absolute atomic E-state index is 15.0. The summed E-state index contributed by atoms with van der Waals surface area (Å²) in [6.45, 7) is 11.0. The Morgan fingerprint density at radius 1 is 0.912 bits per heavy atom. The van der Waals surface area contributed by atoms with Crippen molar-refractivity contribution in [3.63, 3.8) is 0 Å². The van der Waals surface area contributed by atoms with Gasteiger partial charge in [0.1, 0.15) is 0 Å². The molecule has 0 unspecified atom stereocenters. The van der Waals surface area contributed by atoms with Crippen molar-refractivity contribution < 1.29 is 34.1 Å². The molecule has 5 aliphatic rings. The van der Waals surface area contributed by atoms with E-state index in [1.165, 1.54) is 5.57 Å². The first-order valence-electron chi connectivity index (χ1n) is 21.0. The summed E-state index contributed by atoms with van der Waals surface area (Å²) in [6.07, 6.45) is 7.44. The number of methoxy groups -OCH3 is 1. The topological polar surface area (TPSA) is 113 Å². The van der Waals surface area contributed by atoms with E-state index in [1.54, 1.807) is 12.0 Å². The number of hydrogen-bond donors (Lipinski definition) is 2. The second-order valence-electron chi connectivity index (χ2n) is 18.5. The molecular formula is C49H61NO7. The number of aliphatic hydroxyl groups is 2. The standard InChI is InChI=1S/C49H61NO7/c1-33-12-10-24-46(4)41(23-25-48(46,55)32-50(28-11-29-56-6)43(53)49-27-26-47(5,44(54)57-49)45(49,2)3)39-22-16-34(30-38(51)21-15-33)31-40(39)42(52)37-19-17-36(18-20-37)35-13-8-7-9-14-35/h7-9,12-14,16-20,22,31,38,41,51,55H,10-11,15,21,23-30,32H2,1-6H3/t38-,41-,46-,47-,48+,49+/m0/s1. The van der Waals surface area contributed by atoms with Crippen LogP contribution in [0.3, 0.4) is 0 Å². The van der Waals surface area contributed by atoms with Crippen molar-refractivity contribution in [2.45, 2.75) is 122 Å². The summed E-state index contributed by atoms with van der Waals surface area (Å²) in [5.41, 5.74) is 1.39. The van der Waals surface area contributed by atoms with Gasteiger partial charge in [-0.2, -0.15) is 0 Å². The summed E-state index contributed by atoms with van der Waals surface area (Å²) in [7, 11) is 1.64. The van der Waals surface area contributed by atoms with Crippen LogP contribution in [0.2, 0.25) is 0 Å². The van der Waals surface area contributed by atoms with Crippen LogP contribution in [-0.2, 0) is 25.5 Å². The molecule has 1 aliphatic heterocycles. The SMILES string of the molecule is COCCCN(C[C@]1(O)CC[C@H]2c3ccc(cc3C(=O)c3ccc(-c4ccccc4)cc3)C[C@@H](O)CCC(C)=CCC[C@@]21C)C(=O)[C@@]12CC[C@@](C)(C(=O)O1)C2(C)C. The van der Waals surface area contributed by atoms with Crippen LogP contribution in [0.1, 0.15) is 125 Å². The lowest BCUT2D eigenvalue weighted by Crippen LogP contribution is -2.60. The zero-order valence-electron chi connectivity index (χ0n) is 34.7. The molecule has 8 nitrogen and oxygen atoms in total. The molecular weight excluding hydrogens is 715 g/mol. The van der Waals surface area contributed by atoms with Gasteiger partial charge in [0.25, 0.3) is 5.91 Å². The van der Waals surface area contributed by atoms with Crippen LogP contribution in [0.25, 0.3) is 11.1 Å². The van der Waals surface area contributed by atoms with Crippen molar-refractivity contribution in [1.82, 2.24) is 4.90 Å². The van der Waals surface area contributed by atoms with Gasteiger partial charge in [-0.15, -0.1) is 0 Å². The number of ketones is 1. The number of fused-ring (bicyclic) bond motifs is 10. The lowest BCUT2D eigenvalue weighted by Gasteiger charge is -2.47. The summed E-state index contributed by atoms with van der Waals surface area (Å²) in [5.74, 6) is -0.864. The number of ether oxygens (including phenoxy) is 2. The molecule has 0 aromatic heterocycles. The van der Waals surface area contributed by atoms with Crippen LogP contribution >= 0.6 is 0 Å². The Morgan fingerprint density at radius 2 is 1.63 bits per heavy atom. The van der Waals surface area contributed by atoms with Gasteiger partial charge in [0.2, 0.25) is 0 Å². The van der Waals surface area contributed by atoms with Crippen molar-refractivity contribution in [2.75, 3.05) is 26.8 Å². The molecule has 8 heteroatoms. The van der Waals surface area contributed by atoms with Crippen LogP contribution in [0.15, 0.2) is 84.4 Å². The minimum Gasteiger partial charge on any atom is -0.448 e. The molecule has 0 radical (unpaired) electrons. The molecule has 3 aromatic rings. The summed E-state index contributed by atoms with van der Waals surface area (Å²) in [6, 6.07) is 23.9. The highest BCUT2D eigenvalue weighted by Crippen LogP contribution is 2.66. The number of amides is 1. The molecule has 304 valence electrons. The van der Waals surface area contributed by atoms with Gasteiger partial charge in [0.05, 0.1) is 23.7 Å². The Morgan fingerprint density at radius 3 is 2.30 bits per heavy atom. The average Bonchev–Trinajstić information content (AvgIpc) is 3.63. The van der Waals surface area contributed by atoms with E-state index in [2.05, 4.69) is 38.1 Å². The van der Waals surface area contributed by atoms with E-state index in [0.29, 0.717) is 82.1 Å². The second-order valence-corrected chi connectivity index (χ2v) is 18.5. The van der Waals surface area contributed by atoms with Gasteiger partial charge in [-0.1, -0.05) is 99.2 Å². The highest BCUT2D eigenvalue weighted by atomic mass is 16.6. The van der Waals surface area contributed by atoms with Crippen molar-refractivity contribution in [1.29, 1.82) is 0 Å². The van der Waals surface area contributed by atoms with E-state index in [4.69, 9.17) is 9.47 Å². The number of allylic oxidation sites excluding steroid dienone is 2. The molecule has 4 aliphatic carbocycles. The minimum absolute atomic E-state index is 0.0752. The molecule has 0 spiro atoms. The minimum atomic E-state index is -1.32. The van der Waals surface area contributed by atoms with Gasteiger partial charge in [-0.3, -0.25) is 14.4 Å². The first kappa shape index (κ1) is 41.1. The van der Waals surface area contributed by atoms with Crippen molar-refractivity contribution in [3.05, 3.63) is 107 Å². The van der Waals surface area contributed by atoms with Crippen LogP contribution in [0.5, 0.6) is 0 Å². The Bertz CT molecular complexity index is 2020. The molecule has 8 rings (SSSR count). The fourth-order valence-corrected chi connectivity index (χ4v) is 10.7. The number of esters is 1. The van der Waals surface area contributed by atoms with Crippen molar-refractivity contribution >= 4 is 17.7 Å². The fraction of sp³-hybridized carbons (Fsp3) is 0.531. The predicted octanol–water partition coefficient (Wildman–Crippen LogP) is 8.61. The summed E-state index contributed by atoms with van der Waals surface area (Å²) < 4.78 is 11.5. The summed E-state index contributed by atoms with van der Waals surface area (Å²) in [5, 5.41) is 24.3. The lowest BCUT2D eigenvalue weighted by atomic mass is 9.64. The Kier molecular flexibility index (Phi) is 11.2. The lowest BCUT2D eigenvalue weighted by molar-refractivity contribution is -0.177. The third-order valence-corrected chi connectivity index (χ3v) is 15.1. The third-order valence-electron chi connectivity index (χ3n) is 15.1. The van der Waals surface area contributed by atoms with E-state index < -0.39 is 33.6 Å². The number of nitrogens with zero attached hydrogens (tertiary/aromatic N) is 1. The number of rotatable bonds is 10. The maximum Gasteiger partial charge on any atom is 0.313 e. The Hall–Kier alpha value is -4.11. The first-order valence-corrected chi connectivity index (χ1v) is 21.0. The van der Waals surface area contributed by atoms with Crippen LogP contribution in [0, 0.1) is 16.2 Å². The Balaban J connectivity index is 1.28. The number of aliphatic hydroxyl groups excluding tert-OH is 1. The van der Waals surface area contributed by atoms with E-state index in [-0.39, 0.29) is 30.1 Å². The summed E-state index contributed by atoms with van der Waals surface area (Å²) >= 11 is 0. The zero-order valence-corrected chi connectivity index (χ0v) is 34.7. The predicted molar refractivity (Wildman–Crippen MR) is 222 cm³/mol. The number of carbonyl (C=O) groups is 3. The highest BCUT2D eigenvalue weighted by Gasteiger charge is 2.76. The zero-order chi connectivity index (χ0) is 40.8. The number of carbonyl (C=O) groups excluding carboxylic acids is 3. The van der Waals surface area contributed by atoms with E-state index in [0.717, 1.165) is 28.7 Å². The molecule has 1 heterocycles. The van der Waals surface area contributed by atoms with Crippen LogP contribution < -0.4 is 0 Å². The molecule has 3 fully saturated rings. The van der Waals surface area contributed by atoms with E-state index in [1.807, 2.05) is 75.4 Å². The van der Waals surface area contributed by atoms with E-state index >= 15 is 0 Å². The molecule has 57 heavy (non-hydrogen) atoms. The summed E-state index contributed by atoms with van der Waals surface area (Å²) in [4.78, 5) is 44.8. The number of hydrogen-bond acceptors (Lipinski definition) is 7. The monoisotopic (exact) mass is 775 g/mol. The molecule has 4 bridgehead atoms. The van der Waals surface area contributed by atoms with Gasteiger partial charge < -0.3 is 24.6 Å². The largest absolute Gasteiger partial charge is 0.448 e. The molecule has 3 aromatic carbocycles. The van der Waals surface area contributed by atoms with Gasteiger partial charge in [-0.05, 0) is 112 Å². The normalized spacial score (nSPS) is 30.7. The van der Waals surface area contributed by atoms with Crippen LogP contribution in [0.4, 0.5) is 0 Å². The maximum atomic E-state index is 15.0. The van der Waals surface area contributed by atoms with Crippen molar-refractivity contribution in [2.24, 2.45) is 16.2 Å². The van der Waals surface area contributed by atoms with Gasteiger partial charge in [-0.25, -0.2) is 0 Å². The fourth-order valence-electron chi connectivity index (χ4n) is 10.7. The molecule has 2 N–H and O–H groups in total. The molecule has 6 atom stereocenters. The third kappa shape index (κ3) is 6.99. The molecule has 1 amide bonds. The Labute approximate surface area is 338 Å². The first-order chi connectivity index (χ1) is 27.1. The van der Waals surface area contributed by atoms with Gasteiger partial charge in [0, 0.05) is 42.2 Å². The highest BCUT2D eigenvalue weighted by molar-refractivity contribution is 6.10. The second kappa shape index (κ2) is 15.6. The van der Waals surface area contributed by atoms with Crippen LogP contribution in [-0.4, -0.2) is 76.9 Å². The average molecular weight is 776 g/mol.